The fourth-order valence-electron chi connectivity index (χ4n) is 5.77. The van der Waals surface area contributed by atoms with Gasteiger partial charge in [0.1, 0.15) is 6.42 Å². The predicted octanol–water partition coefficient (Wildman–Crippen LogP) is 4.47. The Bertz CT molecular complexity index is 575. The second-order valence-electron chi connectivity index (χ2n) is 8.46. The number of alkyl halides is 6. The summed E-state index contributed by atoms with van der Waals surface area (Å²) in [5, 5.41) is 8.60. The number of aliphatic carboxylic acids is 1. The summed E-state index contributed by atoms with van der Waals surface area (Å²) in [6.07, 6.45) is -10.4. The molecular formula is C17H20F6O4. The summed E-state index contributed by atoms with van der Waals surface area (Å²) in [5.74, 6) is -2.95. The Labute approximate surface area is 151 Å². The maximum absolute atomic E-state index is 13.2. The van der Waals surface area contributed by atoms with Crippen LogP contribution in [0.5, 0.6) is 0 Å². The van der Waals surface area contributed by atoms with Crippen LogP contribution in [0.1, 0.15) is 51.4 Å². The second-order valence-corrected chi connectivity index (χ2v) is 8.46. The van der Waals surface area contributed by atoms with Gasteiger partial charge in [0.25, 0.3) is 0 Å². The summed E-state index contributed by atoms with van der Waals surface area (Å²) in [4.78, 5) is 22.9. The lowest BCUT2D eigenvalue weighted by Gasteiger charge is -2.56. The van der Waals surface area contributed by atoms with Crippen molar-refractivity contribution >= 4 is 11.9 Å². The molecule has 4 saturated carbocycles. The molecule has 0 aromatic carbocycles. The normalized spacial score (nSPS) is 33.2. The number of carbonyl (C=O) groups excluding carboxylic acids is 1. The molecule has 0 unspecified atom stereocenters. The van der Waals surface area contributed by atoms with E-state index in [0.717, 1.165) is 19.3 Å². The number of esters is 1. The molecule has 4 rings (SSSR count). The lowest BCUT2D eigenvalue weighted by Crippen LogP contribution is -2.61. The van der Waals surface area contributed by atoms with Gasteiger partial charge in [-0.1, -0.05) is 0 Å². The van der Waals surface area contributed by atoms with Crippen LogP contribution in [0.2, 0.25) is 0 Å². The maximum Gasteiger partial charge on any atom is 0.438 e. The molecule has 1 N–H and O–H groups in total. The minimum atomic E-state index is -6.10. The van der Waals surface area contributed by atoms with E-state index in [9.17, 15) is 35.9 Å². The van der Waals surface area contributed by atoms with Gasteiger partial charge in [-0.3, -0.25) is 9.59 Å². The smallest absolute Gasteiger partial charge is 0.438 e. The minimum absolute atomic E-state index is 0.345. The monoisotopic (exact) mass is 402 g/mol. The average molecular weight is 402 g/mol. The summed E-state index contributed by atoms with van der Waals surface area (Å²) in [6.45, 7) is 0. The van der Waals surface area contributed by atoms with E-state index in [1.807, 2.05) is 0 Å². The van der Waals surface area contributed by atoms with Gasteiger partial charge in [0.2, 0.25) is 0 Å². The van der Waals surface area contributed by atoms with Gasteiger partial charge < -0.3 is 9.84 Å². The van der Waals surface area contributed by atoms with Crippen LogP contribution in [0, 0.1) is 23.2 Å². The van der Waals surface area contributed by atoms with Crippen molar-refractivity contribution in [2.45, 2.75) is 69.3 Å². The highest BCUT2D eigenvalue weighted by atomic mass is 19.4. The van der Waals surface area contributed by atoms with E-state index < -0.39 is 48.1 Å². The number of hydrogen-bond donors (Lipinski definition) is 1. The van der Waals surface area contributed by atoms with E-state index in [1.54, 1.807) is 0 Å². The van der Waals surface area contributed by atoms with Crippen molar-refractivity contribution < 1.29 is 45.8 Å². The van der Waals surface area contributed by atoms with E-state index in [2.05, 4.69) is 4.74 Å². The van der Waals surface area contributed by atoms with Crippen molar-refractivity contribution in [1.29, 1.82) is 0 Å². The lowest BCUT2D eigenvalue weighted by atomic mass is 9.49. The first-order chi connectivity index (χ1) is 12.3. The average Bonchev–Trinajstić information content (AvgIpc) is 2.40. The summed E-state index contributed by atoms with van der Waals surface area (Å²) in [5.41, 5.74) is -5.66. The maximum atomic E-state index is 13.2. The van der Waals surface area contributed by atoms with Gasteiger partial charge in [-0.15, -0.1) is 0 Å². The van der Waals surface area contributed by atoms with Gasteiger partial charge in [0.15, 0.2) is 0 Å². The van der Waals surface area contributed by atoms with Gasteiger partial charge in [-0.2, -0.15) is 26.3 Å². The van der Waals surface area contributed by atoms with Gasteiger partial charge in [-0.05, 0) is 61.7 Å². The molecule has 4 nitrogen and oxygen atoms in total. The van der Waals surface area contributed by atoms with Gasteiger partial charge in [0.05, 0.1) is 6.42 Å². The van der Waals surface area contributed by atoms with Crippen LogP contribution in [-0.4, -0.2) is 35.0 Å². The van der Waals surface area contributed by atoms with Crippen molar-refractivity contribution in [2.75, 3.05) is 0 Å². The Hall–Kier alpha value is -1.48. The molecule has 0 saturated heterocycles. The molecule has 0 aromatic heterocycles. The Balaban J connectivity index is 1.82. The first-order valence-electron chi connectivity index (χ1n) is 8.82. The zero-order valence-electron chi connectivity index (χ0n) is 14.3. The van der Waals surface area contributed by atoms with Crippen molar-refractivity contribution in [1.82, 2.24) is 0 Å². The Morgan fingerprint density at radius 1 is 0.889 bits per heavy atom. The van der Waals surface area contributed by atoms with Crippen LogP contribution < -0.4 is 0 Å². The molecule has 4 bridgehead atoms. The largest absolute Gasteiger partial charge is 0.481 e. The minimum Gasteiger partial charge on any atom is -0.481 e. The van der Waals surface area contributed by atoms with Crippen LogP contribution in [0.15, 0.2) is 0 Å². The first-order valence-corrected chi connectivity index (χ1v) is 8.82. The van der Waals surface area contributed by atoms with Gasteiger partial charge in [0, 0.05) is 0 Å². The molecule has 4 fully saturated rings. The highest BCUT2D eigenvalue weighted by Crippen LogP contribution is 2.61. The second kappa shape index (κ2) is 6.27. The predicted molar refractivity (Wildman–Crippen MR) is 78.4 cm³/mol. The van der Waals surface area contributed by atoms with Crippen LogP contribution in [0.4, 0.5) is 26.3 Å². The van der Waals surface area contributed by atoms with Gasteiger partial charge >= 0.3 is 29.9 Å². The molecule has 0 radical (unpaired) electrons. The zero-order chi connectivity index (χ0) is 20.3. The van der Waals surface area contributed by atoms with Crippen LogP contribution in [0.25, 0.3) is 0 Å². The Morgan fingerprint density at radius 3 is 1.63 bits per heavy atom. The molecule has 0 aromatic rings. The summed E-state index contributed by atoms with van der Waals surface area (Å²) >= 11 is 0. The molecule has 0 amide bonds. The van der Waals surface area contributed by atoms with E-state index in [4.69, 9.17) is 5.11 Å². The number of carboxylic acid groups (broad SMARTS) is 1. The van der Waals surface area contributed by atoms with Crippen molar-refractivity contribution in [3.05, 3.63) is 0 Å². The standard InChI is InChI=1S/C17H20F6O4/c18-16(19,20)15(7-12(24)25,17(21,22)23)27-13(26)8-14-4-9-1-10(5-14)3-11(2-9)6-14/h9-11H,1-8H2,(H,24,25). The van der Waals surface area contributed by atoms with Crippen LogP contribution >= 0.6 is 0 Å². The molecule has 4 aliphatic carbocycles. The molecule has 0 aliphatic heterocycles. The number of halogens is 6. The third-order valence-electron chi connectivity index (χ3n) is 6.29. The number of ether oxygens (including phenoxy) is 1. The molecule has 0 heterocycles. The third kappa shape index (κ3) is 3.63. The van der Waals surface area contributed by atoms with Crippen molar-refractivity contribution in [3.8, 4) is 0 Å². The fraction of sp³-hybridized carbons (Fsp3) is 0.882. The number of carbonyl (C=O) groups is 2. The lowest BCUT2D eigenvalue weighted by molar-refractivity contribution is -0.370. The Morgan fingerprint density at radius 2 is 1.30 bits per heavy atom. The molecule has 0 spiro atoms. The van der Waals surface area contributed by atoms with Crippen LogP contribution in [0.3, 0.4) is 0 Å². The van der Waals surface area contributed by atoms with E-state index in [0.29, 0.717) is 37.0 Å². The van der Waals surface area contributed by atoms with Crippen molar-refractivity contribution in [3.63, 3.8) is 0 Å². The number of carboxylic acids is 1. The first kappa shape index (κ1) is 20.3. The third-order valence-corrected chi connectivity index (χ3v) is 6.29. The molecule has 0 atom stereocenters. The highest BCUT2D eigenvalue weighted by molar-refractivity contribution is 5.73. The quantitative estimate of drug-likeness (QED) is 0.544. The molecule has 154 valence electrons. The summed E-state index contributed by atoms with van der Waals surface area (Å²) in [7, 11) is 0. The van der Waals surface area contributed by atoms with Crippen LogP contribution in [-0.2, 0) is 14.3 Å². The Kier molecular flexibility index (Phi) is 4.70. The van der Waals surface area contributed by atoms with Gasteiger partial charge in [-0.25, -0.2) is 0 Å². The zero-order valence-corrected chi connectivity index (χ0v) is 14.3. The van der Waals surface area contributed by atoms with Crippen molar-refractivity contribution in [2.24, 2.45) is 23.2 Å². The number of hydrogen-bond acceptors (Lipinski definition) is 3. The topological polar surface area (TPSA) is 63.6 Å². The summed E-state index contributed by atoms with van der Waals surface area (Å²) in [6, 6.07) is 0. The number of rotatable bonds is 5. The van der Waals surface area contributed by atoms with E-state index in [-0.39, 0.29) is 0 Å². The van der Waals surface area contributed by atoms with E-state index >= 15 is 0 Å². The molecular weight excluding hydrogens is 382 g/mol. The fourth-order valence-corrected chi connectivity index (χ4v) is 5.77. The molecule has 4 aliphatic rings. The SMILES string of the molecule is O=C(O)CC(OC(=O)CC12CC3CC(CC(C3)C1)C2)(C(F)(F)F)C(F)(F)F. The summed E-state index contributed by atoms with van der Waals surface area (Å²) < 4.78 is 83.3. The van der Waals surface area contributed by atoms with E-state index in [1.165, 1.54) is 0 Å². The highest BCUT2D eigenvalue weighted by Gasteiger charge is 2.75. The molecule has 10 heteroatoms. The molecule has 27 heavy (non-hydrogen) atoms.